The largest absolute Gasteiger partial charge is 0.326 e. The number of fused-ring (bicyclic) bond motifs is 2. The van der Waals surface area contributed by atoms with Crippen molar-refractivity contribution < 1.29 is 4.79 Å². The molecule has 1 fully saturated rings. The third-order valence-electron chi connectivity index (χ3n) is 5.51. The predicted molar refractivity (Wildman–Crippen MR) is 107 cm³/mol. The Kier molecular flexibility index (Phi) is 4.50. The van der Waals surface area contributed by atoms with Gasteiger partial charge in [0.15, 0.2) is 0 Å². The molecule has 1 amide bonds. The lowest BCUT2D eigenvalue weighted by atomic mass is 9.99. The molecule has 8 nitrogen and oxygen atoms in total. The molecular weight excluding hydrogens is 354 g/mol. The number of hydrogen-bond donors (Lipinski definition) is 3. The summed E-state index contributed by atoms with van der Waals surface area (Å²) in [6, 6.07) is 6.13. The predicted octanol–water partition coefficient (Wildman–Crippen LogP) is 1.53. The average molecular weight is 377 g/mol. The van der Waals surface area contributed by atoms with Crippen LogP contribution in [0.1, 0.15) is 18.7 Å². The number of nitrogens with zero attached hydrogens (tertiary/aromatic N) is 4. The van der Waals surface area contributed by atoms with E-state index in [1.54, 1.807) is 6.20 Å². The minimum atomic E-state index is -0.0219. The number of carbonyl (C=O) groups is 1. The second-order valence-electron chi connectivity index (χ2n) is 7.39. The van der Waals surface area contributed by atoms with E-state index in [2.05, 4.69) is 41.5 Å². The topological polar surface area (TPSA) is 96.8 Å². The molecule has 0 radical (unpaired) electrons. The van der Waals surface area contributed by atoms with E-state index in [1.165, 1.54) is 0 Å². The van der Waals surface area contributed by atoms with E-state index in [9.17, 15) is 4.79 Å². The fourth-order valence-corrected chi connectivity index (χ4v) is 3.96. The Bertz CT molecular complexity index is 1020. The molecule has 1 aromatic carbocycles. The Labute approximate surface area is 162 Å². The standard InChI is InChI=1S/C20H23N7O/c28-19(15-2-1-5-21-9-15)26-20-24-10-14-4-3-13(8-16(14)25-20)17-11-23-18-12-22-6-7-27(17)18/h3-4,8,10-11,15,21-22H,1-2,5-7,9,12H2,(H,24,25,26,28)/t15-/m1/s1. The third-order valence-corrected chi connectivity index (χ3v) is 5.51. The number of imidazole rings is 1. The molecular formula is C20H23N7O. The van der Waals surface area contributed by atoms with Gasteiger partial charge in [0.05, 0.1) is 29.9 Å². The van der Waals surface area contributed by atoms with Gasteiger partial charge < -0.3 is 15.2 Å². The normalized spacial score (nSPS) is 19.4. The van der Waals surface area contributed by atoms with Gasteiger partial charge in [-0.1, -0.05) is 12.1 Å². The van der Waals surface area contributed by atoms with Crippen LogP contribution in [-0.4, -0.2) is 45.1 Å². The molecule has 2 aromatic heterocycles. The van der Waals surface area contributed by atoms with Crippen molar-refractivity contribution in [3.05, 3.63) is 36.4 Å². The number of nitrogens with one attached hydrogen (secondary N) is 3. The summed E-state index contributed by atoms with van der Waals surface area (Å²) in [6.07, 6.45) is 5.60. The molecule has 0 unspecified atom stereocenters. The highest BCUT2D eigenvalue weighted by molar-refractivity contribution is 5.92. The summed E-state index contributed by atoms with van der Waals surface area (Å²) in [6.45, 7) is 4.33. The molecule has 3 N–H and O–H groups in total. The Balaban J connectivity index is 1.43. The number of hydrogen-bond acceptors (Lipinski definition) is 6. The van der Waals surface area contributed by atoms with Gasteiger partial charge in [0.25, 0.3) is 0 Å². The van der Waals surface area contributed by atoms with Crippen molar-refractivity contribution in [1.82, 2.24) is 30.2 Å². The van der Waals surface area contributed by atoms with E-state index in [0.717, 1.165) is 67.0 Å². The molecule has 0 saturated carbocycles. The maximum atomic E-state index is 12.5. The van der Waals surface area contributed by atoms with Crippen LogP contribution in [0.15, 0.2) is 30.6 Å². The molecule has 144 valence electrons. The molecule has 3 aromatic rings. The highest BCUT2D eigenvalue weighted by Crippen LogP contribution is 2.26. The lowest BCUT2D eigenvalue weighted by molar-refractivity contribution is -0.120. The minimum absolute atomic E-state index is 0.0138. The lowest BCUT2D eigenvalue weighted by Crippen LogP contribution is -2.37. The molecule has 28 heavy (non-hydrogen) atoms. The highest BCUT2D eigenvalue weighted by Gasteiger charge is 2.21. The van der Waals surface area contributed by atoms with E-state index in [-0.39, 0.29) is 11.8 Å². The van der Waals surface area contributed by atoms with Crippen molar-refractivity contribution in [3.63, 3.8) is 0 Å². The number of rotatable bonds is 3. The molecule has 0 bridgehead atoms. The summed E-state index contributed by atoms with van der Waals surface area (Å²) in [5.74, 6) is 1.38. The average Bonchev–Trinajstić information content (AvgIpc) is 3.18. The van der Waals surface area contributed by atoms with Gasteiger partial charge in [-0.25, -0.2) is 15.0 Å². The van der Waals surface area contributed by atoms with Crippen molar-refractivity contribution in [2.24, 2.45) is 5.92 Å². The highest BCUT2D eigenvalue weighted by atomic mass is 16.2. The zero-order chi connectivity index (χ0) is 18.9. The first kappa shape index (κ1) is 17.3. The van der Waals surface area contributed by atoms with Crippen molar-refractivity contribution in [2.75, 3.05) is 25.0 Å². The number of benzene rings is 1. The van der Waals surface area contributed by atoms with Crippen LogP contribution in [-0.2, 0) is 17.9 Å². The van der Waals surface area contributed by atoms with Gasteiger partial charge in [-0.05, 0) is 25.5 Å². The molecule has 8 heteroatoms. The first-order valence-corrected chi connectivity index (χ1v) is 9.82. The molecule has 1 saturated heterocycles. The summed E-state index contributed by atoms with van der Waals surface area (Å²) >= 11 is 0. The van der Waals surface area contributed by atoms with Crippen LogP contribution in [0.25, 0.3) is 22.2 Å². The van der Waals surface area contributed by atoms with Crippen LogP contribution in [0.4, 0.5) is 5.95 Å². The molecule has 5 rings (SSSR count). The first-order valence-electron chi connectivity index (χ1n) is 9.82. The summed E-state index contributed by atoms with van der Waals surface area (Å²) in [5, 5.41) is 10.4. The molecule has 4 heterocycles. The number of amides is 1. The monoisotopic (exact) mass is 377 g/mol. The number of carbonyl (C=O) groups excluding carboxylic acids is 1. The van der Waals surface area contributed by atoms with Crippen molar-refractivity contribution in [1.29, 1.82) is 0 Å². The summed E-state index contributed by atoms with van der Waals surface area (Å²) in [7, 11) is 0. The van der Waals surface area contributed by atoms with Crippen LogP contribution >= 0.6 is 0 Å². The smallest absolute Gasteiger partial charge is 0.231 e. The van der Waals surface area contributed by atoms with Gasteiger partial charge in [0.2, 0.25) is 11.9 Å². The minimum Gasteiger partial charge on any atom is -0.326 e. The van der Waals surface area contributed by atoms with Gasteiger partial charge in [0, 0.05) is 36.8 Å². The van der Waals surface area contributed by atoms with Gasteiger partial charge in [0.1, 0.15) is 5.82 Å². The van der Waals surface area contributed by atoms with E-state index in [0.29, 0.717) is 12.5 Å². The van der Waals surface area contributed by atoms with Crippen LogP contribution in [0.3, 0.4) is 0 Å². The van der Waals surface area contributed by atoms with Crippen molar-refractivity contribution in [3.8, 4) is 11.3 Å². The second-order valence-corrected chi connectivity index (χ2v) is 7.39. The fraction of sp³-hybridized carbons (Fsp3) is 0.400. The summed E-state index contributed by atoms with van der Waals surface area (Å²) < 4.78 is 2.25. The first-order chi connectivity index (χ1) is 13.8. The lowest BCUT2D eigenvalue weighted by Gasteiger charge is -2.21. The summed E-state index contributed by atoms with van der Waals surface area (Å²) in [4.78, 5) is 25.9. The van der Waals surface area contributed by atoms with Gasteiger partial charge in [-0.2, -0.15) is 0 Å². The zero-order valence-electron chi connectivity index (χ0n) is 15.6. The number of piperidine rings is 1. The Morgan fingerprint density at radius 2 is 2.14 bits per heavy atom. The van der Waals surface area contributed by atoms with Crippen molar-refractivity contribution in [2.45, 2.75) is 25.9 Å². The maximum Gasteiger partial charge on any atom is 0.231 e. The molecule has 2 aliphatic rings. The Morgan fingerprint density at radius 1 is 1.18 bits per heavy atom. The second kappa shape index (κ2) is 7.29. The van der Waals surface area contributed by atoms with E-state index in [1.807, 2.05) is 18.3 Å². The quantitative estimate of drug-likeness (QED) is 0.641. The molecule has 1 atom stereocenters. The molecule has 0 aliphatic carbocycles. The van der Waals surface area contributed by atoms with E-state index >= 15 is 0 Å². The number of anilines is 1. The van der Waals surface area contributed by atoms with E-state index < -0.39 is 0 Å². The molecule has 0 spiro atoms. The fourth-order valence-electron chi connectivity index (χ4n) is 3.96. The Hall–Kier alpha value is -2.84. The number of aromatic nitrogens is 4. The van der Waals surface area contributed by atoms with Gasteiger partial charge in [-0.3, -0.25) is 10.1 Å². The van der Waals surface area contributed by atoms with Crippen LogP contribution in [0.5, 0.6) is 0 Å². The van der Waals surface area contributed by atoms with Gasteiger partial charge in [-0.15, -0.1) is 0 Å². The van der Waals surface area contributed by atoms with Gasteiger partial charge >= 0.3 is 0 Å². The zero-order valence-corrected chi connectivity index (χ0v) is 15.6. The van der Waals surface area contributed by atoms with Crippen LogP contribution in [0, 0.1) is 5.92 Å². The molecule has 2 aliphatic heterocycles. The van der Waals surface area contributed by atoms with Crippen LogP contribution in [0.2, 0.25) is 0 Å². The van der Waals surface area contributed by atoms with Crippen LogP contribution < -0.4 is 16.0 Å². The van der Waals surface area contributed by atoms with Crippen molar-refractivity contribution >= 4 is 22.8 Å². The van der Waals surface area contributed by atoms with E-state index in [4.69, 9.17) is 0 Å². The third kappa shape index (κ3) is 3.25. The maximum absolute atomic E-state index is 12.5. The SMILES string of the molecule is O=C(Nc1ncc2ccc(-c3cnc4n3CCNC4)cc2n1)[C@@H]1CCCNC1. The Morgan fingerprint density at radius 3 is 3.04 bits per heavy atom. The summed E-state index contributed by atoms with van der Waals surface area (Å²) in [5.41, 5.74) is 2.98.